The van der Waals surface area contributed by atoms with Crippen molar-refractivity contribution in [1.29, 1.82) is 0 Å². The molecule has 0 atom stereocenters. The van der Waals surface area contributed by atoms with E-state index in [1.165, 1.54) is 4.90 Å². The van der Waals surface area contributed by atoms with Gasteiger partial charge in [0.1, 0.15) is 11.6 Å². The molecule has 2 aromatic carbocycles. The van der Waals surface area contributed by atoms with Gasteiger partial charge in [-0.05, 0) is 37.1 Å². The predicted octanol–water partition coefficient (Wildman–Crippen LogP) is 3.46. The van der Waals surface area contributed by atoms with Crippen molar-refractivity contribution in [3.05, 3.63) is 59.7 Å². The molecule has 144 valence electrons. The lowest BCUT2D eigenvalue weighted by molar-refractivity contribution is -0.121. The molecule has 0 aromatic heterocycles. The molecular formula is C19H20ClF2N3O2. The number of hydrogen-bond acceptors (Lipinski definition) is 3. The summed E-state index contributed by atoms with van der Waals surface area (Å²) in [7, 11) is 0. The third kappa shape index (κ3) is 4.74. The van der Waals surface area contributed by atoms with Gasteiger partial charge in [-0.15, -0.1) is 12.4 Å². The fraction of sp³-hybridized carbons (Fsp3) is 0.263. The molecule has 0 radical (unpaired) electrons. The Labute approximate surface area is 161 Å². The molecule has 3 N–H and O–H groups in total. The van der Waals surface area contributed by atoms with E-state index in [0.29, 0.717) is 43.4 Å². The third-order valence-electron chi connectivity index (χ3n) is 4.53. The SMILES string of the molecule is Cl.Nc1ccccc1NC(=O)C1CCN(C(=O)c2ccc(F)cc2F)CC1. The van der Waals surface area contributed by atoms with Gasteiger partial charge in [0.2, 0.25) is 5.91 Å². The van der Waals surface area contributed by atoms with Crippen LogP contribution in [0.4, 0.5) is 20.2 Å². The van der Waals surface area contributed by atoms with Crippen LogP contribution >= 0.6 is 12.4 Å². The van der Waals surface area contributed by atoms with Gasteiger partial charge < -0.3 is 16.0 Å². The number of hydrogen-bond donors (Lipinski definition) is 2. The number of nitrogens with zero attached hydrogens (tertiary/aromatic N) is 1. The molecule has 5 nitrogen and oxygen atoms in total. The van der Waals surface area contributed by atoms with E-state index in [-0.39, 0.29) is 29.8 Å². The minimum atomic E-state index is -0.880. The molecular weight excluding hydrogens is 376 g/mol. The van der Waals surface area contributed by atoms with E-state index in [0.717, 1.165) is 12.1 Å². The Bertz CT molecular complexity index is 839. The lowest BCUT2D eigenvalue weighted by Gasteiger charge is -2.31. The van der Waals surface area contributed by atoms with E-state index in [1.807, 2.05) is 0 Å². The first-order chi connectivity index (χ1) is 12.5. The van der Waals surface area contributed by atoms with Crippen molar-refractivity contribution in [3.63, 3.8) is 0 Å². The minimum absolute atomic E-state index is 0. The second-order valence-corrected chi connectivity index (χ2v) is 6.27. The maximum Gasteiger partial charge on any atom is 0.256 e. The van der Waals surface area contributed by atoms with Crippen LogP contribution in [0, 0.1) is 17.6 Å². The van der Waals surface area contributed by atoms with E-state index in [4.69, 9.17) is 5.73 Å². The van der Waals surface area contributed by atoms with Crippen molar-refractivity contribution in [2.24, 2.45) is 5.92 Å². The van der Waals surface area contributed by atoms with E-state index < -0.39 is 17.5 Å². The Morgan fingerprint density at radius 3 is 2.37 bits per heavy atom. The van der Waals surface area contributed by atoms with Crippen LogP contribution in [-0.4, -0.2) is 29.8 Å². The van der Waals surface area contributed by atoms with Crippen molar-refractivity contribution in [2.75, 3.05) is 24.1 Å². The quantitative estimate of drug-likeness (QED) is 0.781. The Morgan fingerprint density at radius 2 is 1.74 bits per heavy atom. The van der Waals surface area contributed by atoms with Crippen LogP contribution in [0.2, 0.25) is 0 Å². The van der Waals surface area contributed by atoms with E-state index in [2.05, 4.69) is 5.32 Å². The van der Waals surface area contributed by atoms with Crippen LogP contribution in [0.1, 0.15) is 23.2 Å². The first-order valence-corrected chi connectivity index (χ1v) is 8.35. The van der Waals surface area contributed by atoms with Crippen LogP contribution in [-0.2, 0) is 4.79 Å². The highest BCUT2D eigenvalue weighted by Gasteiger charge is 2.29. The van der Waals surface area contributed by atoms with Crippen LogP contribution < -0.4 is 11.1 Å². The van der Waals surface area contributed by atoms with Crippen molar-refractivity contribution in [1.82, 2.24) is 4.90 Å². The molecule has 0 saturated carbocycles. The third-order valence-corrected chi connectivity index (χ3v) is 4.53. The van der Waals surface area contributed by atoms with Crippen molar-refractivity contribution in [2.45, 2.75) is 12.8 Å². The molecule has 1 saturated heterocycles. The molecule has 1 heterocycles. The lowest BCUT2D eigenvalue weighted by Crippen LogP contribution is -2.41. The summed E-state index contributed by atoms with van der Waals surface area (Å²) in [6.45, 7) is 0.663. The van der Waals surface area contributed by atoms with E-state index >= 15 is 0 Å². The number of carbonyl (C=O) groups is 2. The number of carbonyl (C=O) groups excluding carboxylic acids is 2. The van der Waals surface area contributed by atoms with Gasteiger partial charge in [0.15, 0.2) is 0 Å². The number of amides is 2. The average molecular weight is 396 g/mol. The van der Waals surface area contributed by atoms with Gasteiger partial charge in [0.05, 0.1) is 16.9 Å². The summed E-state index contributed by atoms with van der Waals surface area (Å²) in [5.41, 5.74) is 6.70. The smallest absolute Gasteiger partial charge is 0.256 e. The van der Waals surface area contributed by atoms with Gasteiger partial charge in [-0.3, -0.25) is 9.59 Å². The first-order valence-electron chi connectivity index (χ1n) is 8.35. The molecule has 2 aromatic rings. The highest BCUT2D eigenvalue weighted by molar-refractivity contribution is 5.96. The van der Waals surface area contributed by atoms with Gasteiger partial charge >= 0.3 is 0 Å². The molecule has 2 amide bonds. The largest absolute Gasteiger partial charge is 0.397 e. The highest BCUT2D eigenvalue weighted by atomic mass is 35.5. The Hall–Kier alpha value is -2.67. The number of nitrogen functional groups attached to an aromatic ring is 1. The first kappa shape index (κ1) is 20.6. The summed E-state index contributed by atoms with van der Waals surface area (Å²) in [6, 6.07) is 9.88. The van der Waals surface area contributed by atoms with E-state index in [9.17, 15) is 18.4 Å². The fourth-order valence-corrected chi connectivity index (χ4v) is 3.02. The molecule has 27 heavy (non-hydrogen) atoms. The number of nitrogens with two attached hydrogens (primary N) is 1. The summed E-state index contributed by atoms with van der Waals surface area (Å²) in [5, 5.41) is 2.80. The molecule has 3 rings (SSSR count). The molecule has 1 aliphatic heterocycles. The lowest BCUT2D eigenvalue weighted by atomic mass is 9.95. The summed E-state index contributed by atoms with van der Waals surface area (Å²) in [6.07, 6.45) is 0.931. The van der Waals surface area contributed by atoms with Crippen molar-refractivity contribution >= 4 is 35.6 Å². The number of benzene rings is 2. The summed E-state index contributed by atoms with van der Waals surface area (Å²) in [4.78, 5) is 26.3. The zero-order chi connectivity index (χ0) is 18.7. The number of rotatable bonds is 3. The standard InChI is InChI=1S/C19H19F2N3O2.ClH/c20-13-5-6-14(15(21)11-13)19(26)24-9-7-12(8-10-24)18(25)23-17-4-2-1-3-16(17)22;/h1-6,11-12H,7-10,22H2,(H,23,25);1H. The molecule has 0 bridgehead atoms. The van der Waals surface area contributed by atoms with Crippen LogP contribution in [0.15, 0.2) is 42.5 Å². The fourth-order valence-electron chi connectivity index (χ4n) is 3.02. The topological polar surface area (TPSA) is 75.4 Å². The number of anilines is 2. The molecule has 8 heteroatoms. The zero-order valence-corrected chi connectivity index (χ0v) is 15.3. The number of piperidine rings is 1. The number of para-hydroxylation sites is 2. The van der Waals surface area contributed by atoms with Gasteiger partial charge in [-0.25, -0.2) is 8.78 Å². The normalized spacial score (nSPS) is 14.4. The van der Waals surface area contributed by atoms with Gasteiger partial charge in [-0.2, -0.15) is 0 Å². The maximum absolute atomic E-state index is 13.8. The number of nitrogens with one attached hydrogen (secondary N) is 1. The van der Waals surface area contributed by atoms with Gasteiger partial charge in [0.25, 0.3) is 5.91 Å². The summed E-state index contributed by atoms with van der Waals surface area (Å²) >= 11 is 0. The van der Waals surface area contributed by atoms with Crippen molar-refractivity contribution in [3.8, 4) is 0 Å². The average Bonchev–Trinajstić information content (AvgIpc) is 2.63. The number of halogens is 3. The minimum Gasteiger partial charge on any atom is -0.397 e. The summed E-state index contributed by atoms with van der Waals surface area (Å²) < 4.78 is 26.8. The molecule has 0 spiro atoms. The van der Waals surface area contributed by atoms with Crippen LogP contribution in [0.3, 0.4) is 0 Å². The summed E-state index contributed by atoms with van der Waals surface area (Å²) in [5.74, 6) is -2.50. The molecule has 1 aliphatic rings. The maximum atomic E-state index is 13.8. The zero-order valence-electron chi connectivity index (χ0n) is 14.5. The van der Waals surface area contributed by atoms with Crippen molar-refractivity contribution < 1.29 is 18.4 Å². The van der Waals surface area contributed by atoms with E-state index in [1.54, 1.807) is 24.3 Å². The molecule has 0 unspecified atom stereocenters. The number of likely N-dealkylation sites (tertiary alicyclic amines) is 1. The van der Waals surface area contributed by atoms with Gasteiger partial charge in [-0.1, -0.05) is 12.1 Å². The monoisotopic (exact) mass is 395 g/mol. The van der Waals surface area contributed by atoms with Crippen LogP contribution in [0.25, 0.3) is 0 Å². The Kier molecular flexibility index (Phi) is 6.74. The second kappa shape index (κ2) is 8.81. The molecule has 0 aliphatic carbocycles. The predicted molar refractivity (Wildman–Crippen MR) is 102 cm³/mol. The Balaban J connectivity index is 0.00000261. The highest BCUT2D eigenvalue weighted by Crippen LogP contribution is 2.23. The second-order valence-electron chi connectivity index (χ2n) is 6.27. The van der Waals surface area contributed by atoms with Crippen LogP contribution in [0.5, 0.6) is 0 Å². The Morgan fingerprint density at radius 1 is 1.07 bits per heavy atom. The molecule has 1 fully saturated rings. The van der Waals surface area contributed by atoms with Gasteiger partial charge in [0, 0.05) is 25.1 Å².